The molecule has 0 N–H and O–H groups in total. The van der Waals surface area contributed by atoms with Crippen molar-refractivity contribution in [2.24, 2.45) is 0 Å². The highest BCUT2D eigenvalue weighted by atomic mass is 35.5. The largest absolute Gasteiger partial charge is 0.285 e. The average molecular weight is 246 g/mol. The smallest absolute Gasteiger partial charge is 0.251 e. The number of nitrogens with zero attached hydrogens (tertiary/aromatic N) is 1. The zero-order valence-corrected chi connectivity index (χ0v) is 9.52. The standard InChI is InChI=1S/C13H8ClNO2/c14-10-6-2-1-5-9(10)12(16)13(17)11-7-3-4-8-15-11/h1-8H. The van der Waals surface area contributed by atoms with Gasteiger partial charge in [0.25, 0.3) is 5.78 Å². The second-order valence-corrected chi connectivity index (χ2v) is 3.76. The third-order valence-electron chi connectivity index (χ3n) is 2.22. The van der Waals surface area contributed by atoms with E-state index in [-0.39, 0.29) is 16.3 Å². The molecule has 0 atom stereocenters. The van der Waals surface area contributed by atoms with E-state index in [9.17, 15) is 9.59 Å². The lowest BCUT2D eigenvalue weighted by molar-refractivity contribution is 0.0814. The number of hydrogen-bond donors (Lipinski definition) is 0. The van der Waals surface area contributed by atoms with Gasteiger partial charge in [-0.3, -0.25) is 14.6 Å². The van der Waals surface area contributed by atoms with E-state index in [1.807, 2.05) is 0 Å². The summed E-state index contributed by atoms with van der Waals surface area (Å²) in [4.78, 5) is 27.6. The second kappa shape index (κ2) is 4.89. The third kappa shape index (κ3) is 2.40. The Morgan fingerprint density at radius 2 is 1.65 bits per heavy atom. The van der Waals surface area contributed by atoms with Gasteiger partial charge in [0.2, 0.25) is 5.78 Å². The molecule has 0 bridgehead atoms. The number of Topliss-reactive ketones (excluding diaryl/α,β-unsaturated/α-hetero) is 2. The zero-order valence-electron chi connectivity index (χ0n) is 8.76. The number of aromatic nitrogens is 1. The van der Waals surface area contributed by atoms with Crippen LogP contribution in [0.5, 0.6) is 0 Å². The van der Waals surface area contributed by atoms with Gasteiger partial charge < -0.3 is 0 Å². The summed E-state index contributed by atoms with van der Waals surface area (Å²) in [6.07, 6.45) is 1.47. The Morgan fingerprint density at radius 1 is 0.941 bits per heavy atom. The van der Waals surface area contributed by atoms with Crippen molar-refractivity contribution >= 4 is 23.2 Å². The van der Waals surface area contributed by atoms with Gasteiger partial charge in [0.1, 0.15) is 5.69 Å². The SMILES string of the molecule is O=C(C(=O)c1ccccc1Cl)c1ccccn1. The summed E-state index contributed by atoms with van der Waals surface area (Å²) in [5.41, 5.74) is 0.322. The minimum absolute atomic E-state index is 0.123. The normalized spacial score (nSPS) is 9.94. The summed E-state index contributed by atoms with van der Waals surface area (Å²) in [5, 5.41) is 0.266. The highest BCUT2D eigenvalue weighted by Gasteiger charge is 2.20. The number of benzene rings is 1. The van der Waals surface area contributed by atoms with Crippen molar-refractivity contribution in [1.82, 2.24) is 4.98 Å². The van der Waals surface area contributed by atoms with Gasteiger partial charge >= 0.3 is 0 Å². The lowest BCUT2D eigenvalue weighted by Crippen LogP contribution is -2.16. The highest BCUT2D eigenvalue weighted by molar-refractivity contribution is 6.51. The van der Waals surface area contributed by atoms with E-state index in [2.05, 4.69) is 4.98 Å². The minimum atomic E-state index is -0.654. The fourth-order valence-electron chi connectivity index (χ4n) is 1.38. The van der Waals surface area contributed by atoms with E-state index in [4.69, 9.17) is 11.6 Å². The second-order valence-electron chi connectivity index (χ2n) is 3.35. The van der Waals surface area contributed by atoms with Crippen LogP contribution in [0.25, 0.3) is 0 Å². The Morgan fingerprint density at radius 3 is 2.29 bits per heavy atom. The molecule has 4 heteroatoms. The van der Waals surface area contributed by atoms with Crippen LogP contribution >= 0.6 is 11.6 Å². The molecule has 17 heavy (non-hydrogen) atoms. The third-order valence-corrected chi connectivity index (χ3v) is 2.55. The molecule has 0 amide bonds. The van der Waals surface area contributed by atoms with Crippen molar-refractivity contribution in [3.8, 4) is 0 Å². The summed E-state index contributed by atoms with van der Waals surface area (Å²) in [5.74, 6) is -1.30. The average Bonchev–Trinajstić information content (AvgIpc) is 2.39. The molecular formula is C13H8ClNO2. The van der Waals surface area contributed by atoms with Crippen molar-refractivity contribution in [3.05, 3.63) is 64.9 Å². The predicted octanol–water partition coefficient (Wildman–Crippen LogP) is 2.80. The number of carbonyl (C=O) groups is 2. The zero-order chi connectivity index (χ0) is 12.3. The Hall–Kier alpha value is -2.00. The van der Waals surface area contributed by atoms with Crippen molar-refractivity contribution in [2.75, 3.05) is 0 Å². The number of halogens is 1. The van der Waals surface area contributed by atoms with Crippen molar-refractivity contribution < 1.29 is 9.59 Å². The van der Waals surface area contributed by atoms with Crippen LogP contribution in [0.15, 0.2) is 48.7 Å². The quantitative estimate of drug-likeness (QED) is 0.617. The lowest BCUT2D eigenvalue weighted by atomic mass is 10.1. The van der Waals surface area contributed by atoms with E-state index in [0.29, 0.717) is 0 Å². The minimum Gasteiger partial charge on any atom is -0.285 e. The molecule has 0 aliphatic rings. The van der Waals surface area contributed by atoms with Gasteiger partial charge in [-0.2, -0.15) is 0 Å². The van der Waals surface area contributed by atoms with Crippen LogP contribution in [0.1, 0.15) is 20.8 Å². The van der Waals surface area contributed by atoms with E-state index in [1.54, 1.807) is 30.3 Å². The Kier molecular flexibility index (Phi) is 3.30. The van der Waals surface area contributed by atoms with Gasteiger partial charge in [0.05, 0.1) is 5.02 Å². The molecule has 1 heterocycles. The summed E-state index contributed by atoms with van der Waals surface area (Å²) in [7, 11) is 0. The molecule has 1 aromatic carbocycles. The first kappa shape index (κ1) is 11.5. The first-order valence-corrected chi connectivity index (χ1v) is 5.32. The number of ketones is 2. The van der Waals surface area contributed by atoms with Gasteiger partial charge in [-0.25, -0.2) is 0 Å². The molecule has 0 aliphatic carbocycles. The van der Waals surface area contributed by atoms with Crippen LogP contribution < -0.4 is 0 Å². The molecule has 2 rings (SSSR count). The fraction of sp³-hybridized carbons (Fsp3) is 0. The Balaban J connectivity index is 2.34. The van der Waals surface area contributed by atoms with Gasteiger partial charge in [0, 0.05) is 11.8 Å². The van der Waals surface area contributed by atoms with E-state index >= 15 is 0 Å². The number of carbonyl (C=O) groups excluding carboxylic acids is 2. The summed E-state index contributed by atoms with van der Waals surface area (Å²) >= 11 is 5.86. The molecule has 0 aliphatic heterocycles. The predicted molar refractivity (Wildman–Crippen MR) is 64.4 cm³/mol. The summed E-state index contributed by atoms with van der Waals surface area (Å²) < 4.78 is 0. The number of rotatable bonds is 3. The van der Waals surface area contributed by atoms with Crippen LogP contribution in [0.4, 0.5) is 0 Å². The molecule has 3 nitrogen and oxygen atoms in total. The molecule has 0 saturated heterocycles. The molecule has 1 aromatic heterocycles. The van der Waals surface area contributed by atoms with Gasteiger partial charge in [-0.15, -0.1) is 0 Å². The topological polar surface area (TPSA) is 47.0 Å². The summed E-state index contributed by atoms with van der Waals surface area (Å²) in [6, 6.07) is 11.3. The van der Waals surface area contributed by atoms with Gasteiger partial charge in [-0.1, -0.05) is 29.8 Å². The van der Waals surface area contributed by atoms with Crippen molar-refractivity contribution in [1.29, 1.82) is 0 Å². The van der Waals surface area contributed by atoms with Gasteiger partial charge in [-0.05, 0) is 24.3 Å². The van der Waals surface area contributed by atoms with Crippen LogP contribution in [-0.2, 0) is 0 Å². The molecule has 0 saturated carbocycles. The Labute approximate surface area is 103 Å². The number of pyridine rings is 1. The van der Waals surface area contributed by atoms with E-state index in [1.165, 1.54) is 18.3 Å². The Bertz CT molecular complexity index is 567. The van der Waals surface area contributed by atoms with E-state index in [0.717, 1.165) is 0 Å². The molecule has 0 spiro atoms. The van der Waals surface area contributed by atoms with Crippen molar-refractivity contribution in [3.63, 3.8) is 0 Å². The lowest BCUT2D eigenvalue weighted by Gasteiger charge is -2.01. The maximum Gasteiger partial charge on any atom is 0.251 e. The van der Waals surface area contributed by atoms with Crippen LogP contribution in [0.2, 0.25) is 5.02 Å². The van der Waals surface area contributed by atoms with Crippen LogP contribution in [0, 0.1) is 0 Å². The molecule has 0 unspecified atom stereocenters. The maximum atomic E-state index is 11.9. The van der Waals surface area contributed by atoms with E-state index < -0.39 is 11.6 Å². The summed E-state index contributed by atoms with van der Waals surface area (Å²) in [6.45, 7) is 0. The maximum absolute atomic E-state index is 11.9. The van der Waals surface area contributed by atoms with Gasteiger partial charge in [0.15, 0.2) is 0 Å². The molecule has 0 fully saturated rings. The molecule has 0 radical (unpaired) electrons. The molecule has 84 valence electrons. The van der Waals surface area contributed by atoms with Crippen LogP contribution in [0.3, 0.4) is 0 Å². The highest BCUT2D eigenvalue weighted by Crippen LogP contribution is 2.16. The first-order chi connectivity index (χ1) is 8.20. The molecule has 2 aromatic rings. The van der Waals surface area contributed by atoms with Crippen molar-refractivity contribution in [2.45, 2.75) is 0 Å². The first-order valence-electron chi connectivity index (χ1n) is 4.95. The van der Waals surface area contributed by atoms with Crippen LogP contribution in [-0.4, -0.2) is 16.6 Å². The number of hydrogen-bond acceptors (Lipinski definition) is 3. The molecular weight excluding hydrogens is 238 g/mol. The monoisotopic (exact) mass is 245 g/mol. The fourth-order valence-corrected chi connectivity index (χ4v) is 1.60.